The predicted molar refractivity (Wildman–Crippen MR) is 180 cm³/mol. The lowest BCUT2D eigenvalue weighted by Crippen LogP contribution is -2.44. The standard InChI is InChI=1S/C38H38F3N3O4/c1-2-48-37(47)34(24-26-8-4-3-5-9-26)43-35(45)25-27-20-22-44(23-21-27)31-18-16-30(17-19-31)42-36(46)33-11-7-6-10-32(33)28-12-14-29(15-13-28)38(39,40)41/h3-19,27,34H,2,20-25H2,1H3,(H,42,46)(H,43,45)/t34-/m0/s1. The van der Waals surface area contributed by atoms with Crippen LogP contribution >= 0.6 is 0 Å². The molecule has 2 N–H and O–H groups in total. The van der Waals surface area contributed by atoms with E-state index in [1.165, 1.54) is 12.1 Å². The number of carbonyl (C=O) groups is 3. The number of carbonyl (C=O) groups excluding carboxylic acids is 3. The number of amides is 2. The van der Waals surface area contributed by atoms with E-state index in [2.05, 4.69) is 15.5 Å². The van der Waals surface area contributed by atoms with E-state index in [0.717, 1.165) is 49.3 Å². The summed E-state index contributed by atoms with van der Waals surface area (Å²) in [5.74, 6) is -0.787. The van der Waals surface area contributed by atoms with E-state index in [4.69, 9.17) is 4.74 Å². The van der Waals surface area contributed by atoms with Gasteiger partial charge >= 0.3 is 12.1 Å². The average molecular weight is 658 g/mol. The molecular weight excluding hydrogens is 619 g/mol. The minimum Gasteiger partial charge on any atom is -0.464 e. The number of hydrogen-bond acceptors (Lipinski definition) is 5. The lowest BCUT2D eigenvalue weighted by atomic mass is 9.92. The van der Waals surface area contributed by atoms with Crippen LogP contribution in [0.25, 0.3) is 11.1 Å². The Labute approximate surface area is 278 Å². The molecule has 0 unspecified atom stereocenters. The lowest BCUT2D eigenvalue weighted by Gasteiger charge is -2.33. The highest BCUT2D eigenvalue weighted by atomic mass is 19.4. The number of piperidine rings is 1. The molecule has 1 fully saturated rings. The summed E-state index contributed by atoms with van der Waals surface area (Å²) in [6, 6.07) is 27.8. The van der Waals surface area contributed by atoms with Gasteiger partial charge in [0.25, 0.3) is 5.91 Å². The summed E-state index contributed by atoms with van der Waals surface area (Å²) < 4.78 is 44.3. The maximum Gasteiger partial charge on any atom is 0.416 e. The number of hydrogen-bond donors (Lipinski definition) is 2. The van der Waals surface area contributed by atoms with Gasteiger partial charge in [-0.15, -0.1) is 0 Å². The van der Waals surface area contributed by atoms with Crippen molar-refractivity contribution in [2.45, 2.75) is 44.8 Å². The Hall–Kier alpha value is -5.12. The molecule has 10 heteroatoms. The van der Waals surface area contributed by atoms with E-state index in [9.17, 15) is 27.6 Å². The molecule has 1 aliphatic rings. The maximum absolute atomic E-state index is 13.2. The van der Waals surface area contributed by atoms with Crippen molar-refractivity contribution in [1.29, 1.82) is 0 Å². The first kappa shape index (κ1) is 34.2. The fourth-order valence-electron chi connectivity index (χ4n) is 5.92. The molecule has 1 aliphatic heterocycles. The fourth-order valence-corrected chi connectivity index (χ4v) is 5.92. The first-order valence-corrected chi connectivity index (χ1v) is 16.0. The van der Waals surface area contributed by atoms with Gasteiger partial charge in [0.1, 0.15) is 6.04 Å². The van der Waals surface area contributed by atoms with Crippen molar-refractivity contribution in [2.75, 3.05) is 29.9 Å². The van der Waals surface area contributed by atoms with E-state index < -0.39 is 23.8 Å². The van der Waals surface area contributed by atoms with Gasteiger partial charge in [-0.2, -0.15) is 13.2 Å². The quantitative estimate of drug-likeness (QED) is 0.163. The Balaban J connectivity index is 1.13. The summed E-state index contributed by atoms with van der Waals surface area (Å²) in [6.07, 6.45) is -2.11. The zero-order chi connectivity index (χ0) is 34.1. The third kappa shape index (κ3) is 9.02. The second-order valence-corrected chi connectivity index (χ2v) is 11.8. The van der Waals surface area contributed by atoms with Crippen molar-refractivity contribution >= 4 is 29.2 Å². The van der Waals surface area contributed by atoms with Gasteiger partial charge in [-0.3, -0.25) is 9.59 Å². The molecule has 0 aliphatic carbocycles. The topological polar surface area (TPSA) is 87.7 Å². The molecule has 0 radical (unpaired) electrons. The molecule has 5 rings (SSSR count). The Morgan fingerprint density at radius 2 is 1.50 bits per heavy atom. The Morgan fingerprint density at radius 1 is 0.854 bits per heavy atom. The molecule has 0 bridgehead atoms. The third-order valence-electron chi connectivity index (χ3n) is 8.46. The maximum atomic E-state index is 13.2. The number of anilines is 2. The molecule has 1 atom stereocenters. The van der Waals surface area contributed by atoms with Gasteiger partial charge in [0, 0.05) is 42.9 Å². The van der Waals surface area contributed by atoms with Crippen LogP contribution in [0.2, 0.25) is 0 Å². The van der Waals surface area contributed by atoms with Crippen molar-refractivity contribution in [3.05, 3.63) is 120 Å². The SMILES string of the molecule is CCOC(=O)[C@H](Cc1ccccc1)NC(=O)CC1CCN(c2ccc(NC(=O)c3ccccc3-c3ccc(C(F)(F)F)cc3)cc2)CC1. The van der Waals surface area contributed by atoms with Crippen LogP contribution < -0.4 is 15.5 Å². The molecule has 0 spiro atoms. The Bertz CT molecular complexity index is 1690. The third-order valence-corrected chi connectivity index (χ3v) is 8.46. The van der Waals surface area contributed by atoms with Gasteiger partial charge < -0.3 is 20.3 Å². The number of nitrogens with one attached hydrogen (secondary N) is 2. The van der Waals surface area contributed by atoms with Crippen LogP contribution in [-0.2, 0) is 26.9 Å². The molecule has 0 saturated carbocycles. The van der Waals surface area contributed by atoms with E-state index in [1.807, 2.05) is 54.6 Å². The molecule has 2 amide bonds. The number of benzene rings is 4. The lowest BCUT2D eigenvalue weighted by molar-refractivity contribution is -0.147. The highest BCUT2D eigenvalue weighted by Crippen LogP contribution is 2.32. The largest absolute Gasteiger partial charge is 0.464 e. The van der Waals surface area contributed by atoms with Crippen LogP contribution in [0, 0.1) is 5.92 Å². The summed E-state index contributed by atoms with van der Waals surface area (Å²) in [5, 5.41) is 5.79. The van der Waals surface area contributed by atoms with Crippen molar-refractivity contribution in [3.8, 4) is 11.1 Å². The highest BCUT2D eigenvalue weighted by molar-refractivity contribution is 6.08. The van der Waals surface area contributed by atoms with Crippen molar-refractivity contribution in [1.82, 2.24) is 5.32 Å². The summed E-state index contributed by atoms with van der Waals surface area (Å²) in [6.45, 7) is 3.50. The molecule has 0 aromatic heterocycles. The number of halogens is 3. The molecule has 4 aromatic carbocycles. The van der Waals surface area contributed by atoms with Gasteiger partial charge in [-0.25, -0.2) is 4.79 Å². The summed E-state index contributed by atoms with van der Waals surface area (Å²) in [7, 11) is 0. The van der Waals surface area contributed by atoms with E-state index >= 15 is 0 Å². The molecule has 7 nitrogen and oxygen atoms in total. The molecular formula is C38H38F3N3O4. The van der Waals surface area contributed by atoms with Crippen LogP contribution in [0.4, 0.5) is 24.5 Å². The first-order chi connectivity index (χ1) is 23.1. The van der Waals surface area contributed by atoms with Crippen molar-refractivity contribution < 1.29 is 32.3 Å². The smallest absolute Gasteiger partial charge is 0.416 e. The zero-order valence-corrected chi connectivity index (χ0v) is 26.6. The molecule has 1 saturated heterocycles. The number of ether oxygens (including phenoxy) is 1. The van der Waals surface area contributed by atoms with Crippen LogP contribution in [0.15, 0.2) is 103 Å². The van der Waals surface area contributed by atoms with Gasteiger partial charge in [0.2, 0.25) is 5.91 Å². The highest BCUT2D eigenvalue weighted by Gasteiger charge is 2.30. The van der Waals surface area contributed by atoms with Gasteiger partial charge in [0.05, 0.1) is 12.2 Å². The second-order valence-electron chi connectivity index (χ2n) is 11.8. The van der Waals surface area contributed by atoms with E-state index in [1.54, 1.807) is 31.2 Å². The van der Waals surface area contributed by atoms with Gasteiger partial charge in [-0.05, 0) is 84.8 Å². The van der Waals surface area contributed by atoms with Crippen LogP contribution in [0.3, 0.4) is 0 Å². The van der Waals surface area contributed by atoms with Gasteiger partial charge in [-0.1, -0.05) is 60.7 Å². The first-order valence-electron chi connectivity index (χ1n) is 16.0. The zero-order valence-electron chi connectivity index (χ0n) is 26.6. The Kier molecular flexibility index (Phi) is 11.2. The predicted octanol–water partition coefficient (Wildman–Crippen LogP) is 7.52. The summed E-state index contributed by atoms with van der Waals surface area (Å²) in [4.78, 5) is 40.9. The summed E-state index contributed by atoms with van der Waals surface area (Å²) in [5.41, 5.74) is 3.16. The van der Waals surface area contributed by atoms with E-state index in [-0.39, 0.29) is 24.3 Å². The van der Waals surface area contributed by atoms with Crippen LogP contribution in [-0.4, -0.2) is 43.5 Å². The molecule has 4 aromatic rings. The van der Waals surface area contributed by atoms with Crippen LogP contribution in [0.5, 0.6) is 0 Å². The van der Waals surface area contributed by atoms with E-state index in [0.29, 0.717) is 35.2 Å². The van der Waals surface area contributed by atoms with Crippen LogP contribution in [0.1, 0.15) is 47.7 Å². The number of esters is 1. The summed E-state index contributed by atoms with van der Waals surface area (Å²) >= 11 is 0. The fraction of sp³-hybridized carbons (Fsp3) is 0.289. The minimum absolute atomic E-state index is 0.164. The molecule has 250 valence electrons. The van der Waals surface area contributed by atoms with Gasteiger partial charge in [0.15, 0.2) is 0 Å². The molecule has 1 heterocycles. The monoisotopic (exact) mass is 657 g/mol. The van der Waals surface area contributed by atoms with Crippen molar-refractivity contribution in [3.63, 3.8) is 0 Å². The molecule has 48 heavy (non-hydrogen) atoms. The number of alkyl halides is 3. The second kappa shape index (κ2) is 15.6. The number of rotatable bonds is 11. The Morgan fingerprint density at radius 3 is 2.15 bits per heavy atom. The average Bonchev–Trinajstić information content (AvgIpc) is 3.09. The normalized spacial score (nSPS) is 14.2. The van der Waals surface area contributed by atoms with Crippen molar-refractivity contribution in [2.24, 2.45) is 5.92 Å². The minimum atomic E-state index is -4.44. The number of nitrogens with zero attached hydrogens (tertiary/aromatic N) is 1.